The molecule has 1 atom stereocenters. The van der Waals surface area contributed by atoms with Gasteiger partial charge in [0.05, 0.1) is 6.04 Å². The topological polar surface area (TPSA) is 84.2 Å². The third kappa shape index (κ3) is 3.12. The van der Waals surface area contributed by atoms with Crippen LogP contribution >= 0.6 is 11.3 Å². The molecule has 0 aliphatic heterocycles. The number of urea groups is 1. The molecule has 0 radical (unpaired) electrons. The zero-order valence-electron chi connectivity index (χ0n) is 11.6. The van der Waals surface area contributed by atoms with Crippen molar-refractivity contribution >= 4 is 23.3 Å². The average molecular weight is 295 g/mol. The Bertz CT molecular complexity index is 467. The SMILES string of the molecule is CCC(NC(=O)NC1(C(N)=O)CCCC1)c1cccs1. The van der Waals surface area contributed by atoms with Gasteiger partial charge in [0.25, 0.3) is 0 Å². The standard InChI is InChI=1S/C14H21N3O2S/c1-2-10(11-6-5-9-20-11)16-13(19)17-14(12(15)18)7-3-4-8-14/h5-6,9-10H,2-4,7-8H2,1H3,(H2,15,18)(H2,16,17,19). The van der Waals surface area contributed by atoms with E-state index in [-0.39, 0.29) is 12.1 Å². The largest absolute Gasteiger partial charge is 0.368 e. The maximum Gasteiger partial charge on any atom is 0.316 e. The van der Waals surface area contributed by atoms with E-state index >= 15 is 0 Å². The first-order valence-corrected chi connectivity index (χ1v) is 7.87. The van der Waals surface area contributed by atoms with Crippen molar-refractivity contribution in [2.45, 2.75) is 50.6 Å². The Hall–Kier alpha value is -1.56. The van der Waals surface area contributed by atoms with Crippen LogP contribution in [0.4, 0.5) is 4.79 Å². The fourth-order valence-corrected chi connectivity index (χ4v) is 3.55. The number of carbonyl (C=O) groups is 2. The van der Waals surface area contributed by atoms with Gasteiger partial charge in [-0.15, -0.1) is 11.3 Å². The van der Waals surface area contributed by atoms with Gasteiger partial charge in [0.15, 0.2) is 0 Å². The van der Waals surface area contributed by atoms with Crippen molar-refractivity contribution in [3.63, 3.8) is 0 Å². The summed E-state index contributed by atoms with van der Waals surface area (Å²) >= 11 is 1.61. The normalized spacial score (nSPS) is 18.4. The van der Waals surface area contributed by atoms with Gasteiger partial charge in [-0.3, -0.25) is 4.79 Å². The lowest BCUT2D eigenvalue weighted by Crippen LogP contribution is -2.58. The molecule has 20 heavy (non-hydrogen) atoms. The Morgan fingerprint density at radius 2 is 2.15 bits per heavy atom. The number of nitrogens with two attached hydrogens (primary N) is 1. The van der Waals surface area contributed by atoms with Crippen LogP contribution in [0.2, 0.25) is 0 Å². The minimum atomic E-state index is -0.863. The molecule has 6 heteroatoms. The minimum Gasteiger partial charge on any atom is -0.368 e. The van der Waals surface area contributed by atoms with E-state index in [0.29, 0.717) is 12.8 Å². The summed E-state index contributed by atoms with van der Waals surface area (Å²) in [7, 11) is 0. The van der Waals surface area contributed by atoms with Gasteiger partial charge >= 0.3 is 6.03 Å². The number of rotatable bonds is 5. The number of nitrogens with one attached hydrogen (secondary N) is 2. The Morgan fingerprint density at radius 3 is 2.65 bits per heavy atom. The van der Waals surface area contributed by atoms with Crippen LogP contribution < -0.4 is 16.4 Å². The highest BCUT2D eigenvalue weighted by Crippen LogP contribution is 2.29. The molecule has 4 N–H and O–H groups in total. The summed E-state index contributed by atoms with van der Waals surface area (Å²) in [5.41, 5.74) is 4.60. The second-order valence-corrected chi connectivity index (χ2v) is 6.21. The molecule has 3 amide bonds. The highest BCUT2D eigenvalue weighted by atomic mass is 32.1. The van der Waals surface area contributed by atoms with E-state index in [9.17, 15) is 9.59 Å². The van der Waals surface area contributed by atoms with Crippen molar-refractivity contribution in [2.75, 3.05) is 0 Å². The number of hydrogen-bond donors (Lipinski definition) is 3. The number of primary amides is 1. The number of amides is 3. The summed E-state index contributed by atoms with van der Waals surface area (Å²) < 4.78 is 0. The smallest absolute Gasteiger partial charge is 0.316 e. The molecule has 0 bridgehead atoms. The molecule has 110 valence electrons. The molecule has 1 fully saturated rings. The van der Waals surface area contributed by atoms with E-state index in [2.05, 4.69) is 10.6 Å². The van der Waals surface area contributed by atoms with Crippen molar-refractivity contribution < 1.29 is 9.59 Å². The summed E-state index contributed by atoms with van der Waals surface area (Å²) in [5, 5.41) is 7.71. The lowest BCUT2D eigenvalue weighted by atomic mass is 9.97. The molecule has 1 heterocycles. The van der Waals surface area contributed by atoms with Crippen molar-refractivity contribution in [3.8, 4) is 0 Å². The van der Waals surface area contributed by atoms with Gasteiger partial charge < -0.3 is 16.4 Å². The van der Waals surface area contributed by atoms with E-state index in [4.69, 9.17) is 5.73 Å². The van der Waals surface area contributed by atoms with Gasteiger partial charge in [0.2, 0.25) is 5.91 Å². The van der Waals surface area contributed by atoms with Crippen LogP contribution in [0.25, 0.3) is 0 Å². The van der Waals surface area contributed by atoms with Crippen LogP contribution in [0.15, 0.2) is 17.5 Å². The molecular weight excluding hydrogens is 274 g/mol. The molecule has 1 aliphatic rings. The number of carbonyl (C=O) groups excluding carboxylic acids is 2. The molecule has 0 saturated heterocycles. The zero-order chi connectivity index (χ0) is 14.6. The maximum absolute atomic E-state index is 12.1. The first-order chi connectivity index (χ1) is 9.57. The molecule has 5 nitrogen and oxygen atoms in total. The van der Waals surface area contributed by atoms with E-state index in [1.54, 1.807) is 11.3 Å². The number of hydrogen-bond acceptors (Lipinski definition) is 3. The first kappa shape index (κ1) is 14.8. The molecule has 1 saturated carbocycles. The van der Waals surface area contributed by atoms with Gasteiger partial charge in [-0.2, -0.15) is 0 Å². The molecule has 1 aromatic heterocycles. The van der Waals surface area contributed by atoms with E-state index in [1.807, 2.05) is 24.4 Å². The van der Waals surface area contributed by atoms with Gasteiger partial charge in [-0.1, -0.05) is 25.8 Å². The van der Waals surface area contributed by atoms with E-state index in [0.717, 1.165) is 24.1 Å². The van der Waals surface area contributed by atoms with Crippen LogP contribution in [0, 0.1) is 0 Å². The highest BCUT2D eigenvalue weighted by molar-refractivity contribution is 7.10. The number of thiophene rings is 1. The first-order valence-electron chi connectivity index (χ1n) is 6.99. The second kappa shape index (κ2) is 6.26. The van der Waals surface area contributed by atoms with Crippen LogP contribution in [-0.2, 0) is 4.79 Å². The van der Waals surface area contributed by atoms with Crippen molar-refractivity contribution in [3.05, 3.63) is 22.4 Å². The third-order valence-corrected chi connectivity index (χ3v) is 4.87. The molecule has 0 spiro atoms. The Morgan fingerprint density at radius 1 is 1.45 bits per heavy atom. The summed E-state index contributed by atoms with van der Waals surface area (Å²) in [6, 6.07) is 3.62. The van der Waals surface area contributed by atoms with Crippen molar-refractivity contribution in [1.29, 1.82) is 0 Å². The predicted molar refractivity (Wildman–Crippen MR) is 79.4 cm³/mol. The lowest BCUT2D eigenvalue weighted by molar-refractivity contribution is -0.123. The van der Waals surface area contributed by atoms with E-state index in [1.165, 1.54) is 0 Å². The van der Waals surface area contributed by atoms with Crippen LogP contribution in [0.3, 0.4) is 0 Å². The Kier molecular flexibility index (Phi) is 4.65. The van der Waals surface area contributed by atoms with E-state index < -0.39 is 11.4 Å². The van der Waals surface area contributed by atoms with Crippen LogP contribution in [0.5, 0.6) is 0 Å². The molecule has 2 rings (SSSR count). The van der Waals surface area contributed by atoms with Crippen molar-refractivity contribution in [1.82, 2.24) is 10.6 Å². The average Bonchev–Trinajstić information content (AvgIpc) is 3.07. The molecule has 1 aromatic rings. The molecule has 1 unspecified atom stereocenters. The zero-order valence-corrected chi connectivity index (χ0v) is 12.5. The molecular formula is C14H21N3O2S. The minimum absolute atomic E-state index is 0.0265. The summed E-state index contributed by atoms with van der Waals surface area (Å²) in [6.07, 6.45) is 3.91. The predicted octanol–water partition coefficient (Wildman–Crippen LogP) is 2.30. The summed E-state index contributed by atoms with van der Waals surface area (Å²) in [5.74, 6) is -0.436. The fourth-order valence-electron chi connectivity index (χ4n) is 2.69. The van der Waals surface area contributed by atoms with Gasteiger partial charge in [0, 0.05) is 4.88 Å². The monoisotopic (exact) mass is 295 g/mol. The summed E-state index contributed by atoms with van der Waals surface area (Å²) in [4.78, 5) is 24.9. The van der Waals surface area contributed by atoms with Gasteiger partial charge in [-0.05, 0) is 30.7 Å². The van der Waals surface area contributed by atoms with Crippen LogP contribution in [-0.4, -0.2) is 17.5 Å². The highest BCUT2D eigenvalue weighted by Gasteiger charge is 2.41. The van der Waals surface area contributed by atoms with Crippen molar-refractivity contribution in [2.24, 2.45) is 5.73 Å². The molecule has 1 aliphatic carbocycles. The summed E-state index contributed by atoms with van der Waals surface area (Å²) in [6.45, 7) is 2.02. The lowest BCUT2D eigenvalue weighted by Gasteiger charge is -2.28. The van der Waals surface area contributed by atoms with Crippen LogP contribution in [0.1, 0.15) is 49.9 Å². The second-order valence-electron chi connectivity index (χ2n) is 5.23. The third-order valence-electron chi connectivity index (χ3n) is 3.88. The maximum atomic E-state index is 12.1. The Labute approximate surface area is 122 Å². The van der Waals surface area contributed by atoms with Gasteiger partial charge in [0.1, 0.15) is 5.54 Å². The van der Waals surface area contributed by atoms with Gasteiger partial charge in [-0.25, -0.2) is 4.79 Å². The molecule has 0 aromatic carbocycles. The fraction of sp³-hybridized carbons (Fsp3) is 0.571. The Balaban J connectivity index is 1.99. The quantitative estimate of drug-likeness (QED) is 0.778.